The molecular formula is C22H22ClN3O2. The zero-order valence-corrected chi connectivity index (χ0v) is 16.6. The largest absolute Gasteiger partial charge is 0.495 e. The molecule has 0 aliphatic carbocycles. The number of ether oxygens (including phenoxy) is 1. The smallest absolute Gasteiger partial charge is 0.257 e. The number of pyridine rings is 1. The zero-order valence-electron chi connectivity index (χ0n) is 15.9. The molecule has 0 spiro atoms. The third-order valence-electron chi connectivity index (χ3n) is 4.34. The highest BCUT2D eigenvalue weighted by Gasteiger charge is 2.11. The van der Waals surface area contributed by atoms with Crippen molar-refractivity contribution < 1.29 is 9.53 Å². The van der Waals surface area contributed by atoms with E-state index >= 15 is 0 Å². The molecule has 0 aliphatic rings. The lowest BCUT2D eigenvalue weighted by Crippen LogP contribution is -2.23. The Balaban J connectivity index is 1.69. The fraction of sp³-hybridized carbons (Fsp3) is 0.182. The van der Waals surface area contributed by atoms with E-state index in [2.05, 4.69) is 34.3 Å². The van der Waals surface area contributed by atoms with Gasteiger partial charge in [0.05, 0.1) is 17.7 Å². The maximum atomic E-state index is 12.5. The standard InChI is InChI=1S/C22H22ClN3O2/c1-3-26(15-16-7-5-4-6-8-16)21-12-9-17(14-24-21)22(27)25-18-10-11-20(28-2)19(23)13-18/h4-14H,3,15H2,1-2H3,(H,25,27). The number of hydrogen-bond donors (Lipinski definition) is 1. The highest BCUT2D eigenvalue weighted by Crippen LogP contribution is 2.27. The molecule has 0 radical (unpaired) electrons. The van der Waals surface area contributed by atoms with E-state index in [-0.39, 0.29) is 5.91 Å². The van der Waals surface area contributed by atoms with Crippen LogP contribution in [0.3, 0.4) is 0 Å². The van der Waals surface area contributed by atoms with Gasteiger partial charge in [-0.25, -0.2) is 4.98 Å². The monoisotopic (exact) mass is 395 g/mol. The maximum Gasteiger partial charge on any atom is 0.257 e. The highest BCUT2D eigenvalue weighted by molar-refractivity contribution is 6.32. The Morgan fingerprint density at radius 3 is 2.54 bits per heavy atom. The van der Waals surface area contributed by atoms with Crippen molar-refractivity contribution in [2.45, 2.75) is 13.5 Å². The van der Waals surface area contributed by atoms with E-state index in [1.807, 2.05) is 24.3 Å². The van der Waals surface area contributed by atoms with Gasteiger partial charge in [0.2, 0.25) is 0 Å². The first-order chi connectivity index (χ1) is 13.6. The van der Waals surface area contributed by atoms with Gasteiger partial charge in [0, 0.05) is 25.0 Å². The topological polar surface area (TPSA) is 54.5 Å². The molecule has 0 aliphatic heterocycles. The summed E-state index contributed by atoms with van der Waals surface area (Å²) in [6.45, 7) is 3.66. The van der Waals surface area contributed by atoms with E-state index in [1.165, 1.54) is 5.56 Å². The molecule has 1 amide bonds. The van der Waals surface area contributed by atoms with Crippen molar-refractivity contribution >= 4 is 29.0 Å². The summed E-state index contributed by atoms with van der Waals surface area (Å²) in [5, 5.41) is 3.26. The van der Waals surface area contributed by atoms with Gasteiger partial charge in [-0.05, 0) is 42.8 Å². The number of anilines is 2. The molecule has 144 valence electrons. The van der Waals surface area contributed by atoms with Crippen LogP contribution in [0.15, 0.2) is 66.9 Å². The Labute approximate surface area is 169 Å². The second kappa shape index (κ2) is 9.24. The first-order valence-corrected chi connectivity index (χ1v) is 9.38. The maximum absolute atomic E-state index is 12.5. The predicted molar refractivity (Wildman–Crippen MR) is 113 cm³/mol. The molecule has 3 aromatic rings. The molecule has 5 nitrogen and oxygen atoms in total. The quantitative estimate of drug-likeness (QED) is 0.610. The molecule has 0 saturated carbocycles. The van der Waals surface area contributed by atoms with Crippen LogP contribution in [-0.4, -0.2) is 24.5 Å². The Morgan fingerprint density at radius 2 is 1.93 bits per heavy atom. The molecule has 3 rings (SSSR count). The number of methoxy groups -OCH3 is 1. The van der Waals surface area contributed by atoms with Gasteiger partial charge in [-0.15, -0.1) is 0 Å². The normalized spacial score (nSPS) is 10.4. The Bertz CT molecular complexity index is 930. The summed E-state index contributed by atoms with van der Waals surface area (Å²) in [7, 11) is 1.55. The number of nitrogens with one attached hydrogen (secondary N) is 1. The summed E-state index contributed by atoms with van der Waals surface area (Å²) in [5.41, 5.74) is 2.29. The summed E-state index contributed by atoms with van der Waals surface area (Å²) in [5.74, 6) is 1.14. The van der Waals surface area contributed by atoms with Gasteiger partial charge in [0.15, 0.2) is 0 Å². The lowest BCUT2D eigenvalue weighted by Gasteiger charge is -2.22. The number of rotatable bonds is 7. The SMILES string of the molecule is CCN(Cc1ccccc1)c1ccc(C(=O)Nc2ccc(OC)c(Cl)c2)cn1. The predicted octanol–water partition coefficient (Wildman–Crippen LogP) is 5.02. The minimum absolute atomic E-state index is 0.244. The van der Waals surface area contributed by atoms with E-state index in [4.69, 9.17) is 16.3 Å². The van der Waals surface area contributed by atoms with Crippen LogP contribution in [0, 0.1) is 0 Å². The van der Waals surface area contributed by atoms with E-state index in [0.29, 0.717) is 22.0 Å². The first kappa shape index (κ1) is 19.7. The van der Waals surface area contributed by atoms with Crippen molar-refractivity contribution in [3.63, 3.8) is 0 Å². The van der Waals surface area contributed by atoms with Crippen molar-refractivity contribution in [1.82, 2.24) is 4.98 Å². The summed E-state index contributed by atoms with van der Waals surface area (Å²) in [4.78, 5) is 19.1. The zero-order chi connectivity index (χ0) is 19.9. The third-order valence-corrected chi connectivity index (χ3v) is 4.64. The van der Waals surface area contributed by atoms with E-state index < -0.39 is 0 Å². The Morgan fingerprint density at radius 1 is 1.14 bits per heavy atom. The van der Waals surface area contributed by atoms with Gasteiger partial charge in [-0.3, -0.25) is 4.79 Å². The Hall–Kier alpha value is -3.05. The van der Waals surface area contributed by atoms with E-state index in [1.54, 1.807) is 37.6 Å². The molecular weight excluding hydrogens is 374 g/mol. The second-order valence-corrected chi connectivity index (χ2v) is 6.62. The van der Waals surface area contributed by atoms with Crippen LogP contribution >= 0.6 is 11.6 Å². The number of hydrogen-bond acceptors (Lipinski definition) is 4. The minimum atomic E-state index is -0.244. The van der Waals surface area contributed by atoms with Crippen LogP contribution in [-0.2, 0) is 6.54 Å². The van der Waals surface area contributed by atoms with Gasteiger partial charge in [0.1, 0.15) is 11.6 Å². The number of halogens is 1. The second-order valence-electron chi connectivity index (χ2n) is 6.21. The lowest BCUT2D eigenvalue weighted by molar-refractivity contribution is 0.102. The summed E-state index contributed by atoms with van der Waals surface area (Å²) >= 11 is 6.10. The molecule has 0 bridgehead atoms. The number of nitrogens with zero attached hydrogens (tertiary/aromatic N) is 2. The van der Waals surface area contributed by atoms with Crippen LogP contribution < -0.4 is 15.0 Å². The molecule has 0 unspecified atom stereocenters. The molecule has 0 fully saturated rings. The van der Waals surface area contributed by atoms with Crippen molar-refractivity contribution in [1.29, 1.82) is 0 Å². The van der Waals surface area contributed by atoms with Crippen molar-refractivity contribution in [3.8, 4) is 5.75 Å². The number of benzene rings is 2. The summed E-state index contributed by atoms with van der Waals surface area (Å²) < 4.78 is 5.12. The average molecular weight is 396 g/mol. The molecule has 6 heteroatoms. The van der Waals surface area contributed by atoms with Crippen LogP contribution in [0.25, 0.3) is 0 Å². The van der Waals surface area contributed by atoms with Crippen LogP contribution in [0.2, 0.25) is 5.02 Å². The number of carbonyl (C=O) groups is 1. The minimum Gasteiger partial charge on any atom is -0.495 e. The molecule has 2 aromatic carbocycles. The van der Waals surface area contributed by atoms with E-state index in [0.717, 1.165) is 18.9 Å². The molecule has 1 N–H and O–H groups in total. The van der Waals surface area contributed by atoms with Crippen LogP contribution in [0.4, 0.5) is 11.5 Å². The molecule has 28 heavy (non-hydrogen) atoms. The Kier molecular flexibility index (Phi) is 6.50. The van der Waals surface area contributed by atoms with Crippen LogP contribution in [0.5, 0.6) is 5.75 Å². The lowest BCUT2D eigenvalue weighted by atomic mass is 10.2. The van der Waals surface area contributed by atoms with Crippen molar-refractivity contribution in [3.05, 3.63) is 83.0 Å². The molecule has 1 aromatic heterocycles. The first-order valence-electron chi connectivity index (χ1n) is 9.00. The third kappa shape index (κ3) is 4.81. The van der Waals surface area contributed by atoms with Crippen molar-refractivity contribution in [2.75, 3.05) is 23.9 Å². The summed E-state index contributed by atoms with van der Waals surface area (Å²) in [6.07, 6.45) is 1.59. The van der Waals surface area contributed by atoms with Gasteiger partial charge < -0.3 is 15.0 Å². The van der Waals surface area contributed by atoms with Gasteiger partial charge in [-0.1, -0.05) is 41.9 Å². The van der Waals surface area contributed by atoms with Gasteiger partial charge in [-0.2, -0.15) is 0 Å². The fourth-order valence-electron chi connectivity index (χ4n) is 2.81. The fourth-order valence-corrected chi connectivity index (χ4v) is 3.07. The molecule has 0 saturated heterocycles. The van der Waals surface area contributed by atoms with Crippen LogP contribution in [0.1, 0.15) is 22.8 Å². The molecule has 1 heterocycles. The molecule has 0 atom stereocenters. The van der Waals surface area contributed by atoms with E-state index in [9.17, 15) is 4.79 Å². The number of amides is 1. The average Bonchev–Trinajstić information content (AvgIpc) is 2.73. The summed E-state index contributed by atoms with van der Waals surface area (Å²) in [6, 6.07) is 19.0. The van der Waals surface area contributed by atoms with Gasteiger partial charge >= 0.3 is 0 Å². The number of aromatic nitrogens is 1. The number of carbonyl (C=O) groups excluding carboxylic acids is 1. The van der Waals surface area contributed by atoms with Gasteiger partial charge in [0.25, 0.3) is 5.91 Å². The highest BCUT2D eigenvalue weighted by atomic mass is 35.5. The van der Waals surface area contributed by atoms with Crippen molar-refractivity contribution in [2.24, 2.45) is 0 Å².